The van der Waals surface area contributed by atoms with E-state index in [-0.39, 0.29) is 11.7 Å². The first-order valence-corrected chi connectivity index (χ1v) is 8.30. The number of carbonyl (C=O) groups excluding carboxylic acids is 1. The molecular weight excluding hydrogens is 346 g/mol. The van der Waals surface area contributed by atoms with Crippen LogP contribution in [-0.2, 0) is 18.9 Å². The van der Waals surface area contributed by atoms with E-state index in [9.17, 15) is 4.79 Å². The van der Waals surface area contributed by atoms with Gasteiger partial charge in [-0.05, 0) is 6.92 Å². The highest BCUT2D eigenvalue weighted by Crippen LogP contribution is 2.28. The molecule has 0 saturated carbocycles. The molecular formula is C14H17N7O3S. The van der Waals surface area contributed by atoms with Crippen LogP contribution >= 0.6 is 11.8 Å². The molecule has 1 amide bonds. The number of carbonyl (C=O) groups is 1. The Kier molecular flexibility index (Phi) is 4.74. The lowest BCUT2D eigenvalue weighted by atomic mass is 10.3. The second kappa shape index (κ2) is 6.97. The van der Waals surface area contributed by atoms with Crippen LogP contribution in [0.2, 0.25) is 0 Å². The van der Waals surface area contributed by atoms with Crippen molar-refractivity contribution in [3.8, 4) is 17.3 Å². The van der Waals surface area contributed by atoms with Gasteiger partial charge in [0.05, 0.1) is 12.9 Å². The number of methoxy groups -OCH3 is 1. The Labute approximate surface area is 147 Å². The third-order valence-electron chi connectivity index (χ3n) is 3.29. The van der Waals surface area contributed by atoms with E-state index >= 15 is 0 Å². The number of thioether (sulfide) groups is 1. The molecule has 0 unspecified atom stereocenters. The summed E-state index contributed by atoms with van der Waals surface area (Å²) in [6, 6.07) is 1.65. The summed E-state index contributed by atoms with van der Waals surface area (Å²) in [6.07, 6.45) is 1.80. The van der Waals surface area contributed by atoms with Crippen molar-refractivity contribution in [2.24, 2.45) is 14.1 Å². The lowest BCUT2D eigenvalue weighted by Gasteiger charge is -2.03. The van der Waals surface area contributed by atoms with E-state index in [0.717, 1.165) is 5.56 Å². The molecule has 3 rings (SSSR count). The van der Waals surface area contributed by atoms with Crippen LogP contribution in [0.3, 0.4) is 0 Å². The third kappa shape index (κ3) is 3.65. The van der Waals surface area contributed by atoms with E-state index in [1.165, 1.54) is 11.8 Å². The quantitative estimate of drug-likeness (QED) is 0.651. The number of nitrogens with one attached hydrogen (secondary N) is 1. The molecule has 3 aromatic rings. The minimum Gasteiger partial charge on any atom is -0.479 e. The first kappa shape index (κ1) is 17.0. The molecule has 10 nitrogen and oxygen atoms in total. The van der Waals surface area contributed by atoms with Crippen LogP contribution in [0.25, 0.3) is 11.4 Å². The van der Waals surface area contributed by atoms with Gasteiger partial charge in [0, 0.05) is 26.4 Å². The van der Waals surface area contributed by atoms with Gasteiger partial charge in [0.2, 0.25) is 11.8 Å². The fraction of sp³-hybridized carbons (Fsp3) is 0.357. The summed E-state index contributed by atoms with van der Waals surface area (Å²) >= 11 is 1.27. The molecule has 0 aliphatic heterocycles. The molecule has 3 heterocycles. The van der Waals surface area contributed by atoms with Gasteiger partial charge in [-0.15, -0.1) is 15.3 Å². The Balaban J connectivity index is 1.68. The first-order chi connectivity index (χ1) is 12.0. The summed E-state index contributed by atoms with van der Waals surface area (Å²) in [5.41, 5.74) is 0.731. The minimum absolute atomic E-state index is 0.169. The lowest BCUT2D eigenvalue weighted by molar-refractivity contribution is -0.113. The van der Waals surface area contributed by atoms with Crippen molar-refractivity contribution in [3.63, 3.8) is 0 Å². The Morgan fingerprint density at radius 1 is 1.40 bits per heavy atom. The number of rotatable bonds is 6. The standard InChI is InChI=1S/C14H17N7O3S/c1-8-5-10(19-24-8)15-11(22)7-25-14-17-16-12(21(14)3)9-6-20(2)18-13(9)23-4/h5-6H,7H2,1-4H3,(H,15,19,22). The van der Waals surface area contributed by atoms with Crippen LogP contribution in [0.4, 0.5) is 5.82 Å². The molecule has 0 fully saturated rings. The largest absolute Gasteiger partial charge is 0.479 e. The predicted molar refractivity (Wildman–Crippen MR) is 90.4 cm³/mol. The summed E-state index contributed by atoms with van der Waals surface area (Å²) in [7, 11) is 5.17. The second-order valence-corrected chi connectivity index (χ2v) is 6.19. The summed E-state index contributed by atoms with van der Waals surface area (Å²) in [6.45, 7) is 1.76. The van der Waals surface area contributed by atoms with Crippen LogP contribution in [0.5, 0.6) is 5.88 Å². The fourth-order valence-corrected chi connectivity index (χ4v) is 2.89. The molecule has 0 saturated heterocycles. The number of hydrogen-bond donors (Lipinski definition) is 1. The maximum absolute atomic E-state index is 12.0. The van der Waals surface area contributed by atoms with Crippen molar-refractivity contribution in [1.29, 1.82) is 0 Å². The molecule has 1 N–H and O–H groups in total. The average molecular weight is 363 g/mol. The predicted octanol–water partition coefficient (Wildman–Crippen LogP) is 1.25. The summed E-state index contributed by atoms with van der Waals surface area (Å²) in [5, 5.41) is 19.5. The number of ether oxygens (including phenoxy) is 1. The zero-order chi connectivity index (χ0) is 18.0. The smallest absolute Gasteiger partial charge is 0.243 e. The molecule has 3 aromatic heterocycles. The van der Waals surface area contributed by atoms with Crippen LogP contribution in [0.15, 0.2) is 21.9 Å². The van der Waals surface area contributed by atoms with Crippen LogP contribution < -0.4 is 10.1 Å². The zero-order valence-corrected chi connectivity index (χ0v) is 15.0. The zero-order valence-electron chi connectivity index (χ0n) is 14.2. The number of aromatic nitrogens is 6. The van der Waals surface area contributed by atoms with Crippen molar-refractivity contribution in [3.05, 3.63) is 18.0 Å². The van der Waals surface area contributed by atoms with E-state index in [1.807, 2.05) is 7.05 Å². The summed E-state index contributed by atoms with van der Waals surface area (Å²) in [5.74, 6) is 2.06. The fourth-order valence-electron chi connectivity index (χ4n) is 2.18. The SMILES string of the molecule is COc1nn(C)cc1-c1nnc(SCC(=O)Nc2cc(C)on2)n1C. The van der Waals surface area contributed by atoms with Gasteiger partial charge in [0.1, 0.15) is 11.3 Å². The van der Waals surface area contributed by atoms with E-state index in [0.29, 0.717) is 28.4 Å². The van der Waals surface area contributed by atoms with Gasteiger partial charge in [0.25, 0.3) is 0 Å². The van der Waals surface area contributed by atoms with Gasteiger partial charge in [-0.25, -0.2) is 0 Å². The molecule has 0 aromatic carbocycles. The maximum atomic E-state index is 12.0. The van der Waals surface area contributed by atoms with Gasteiger partial charge in [-0.3, -0.25) is 9.48 Å². The molecule has 0 aliphatic rings. The van der Waals surface area contributed by atoms with Crippen molar-refractivity contribution in [2.75, 3.05) is 18.2 Å². The Bertz CT molecular complexity index is 898. The third-order valence-corrected chi connectivity index (χ3v) is 4.31. The van der Waals surface area contributed by atoms with Gasteiger partial charge >= 0.3 is 0 Å². The van der Waals surface area contributed by atoms with E-state index < -0.39 is 0 Å². The molecule has 0 atom stereocenters. The van der Waals surface area contributed by atoms with Crippen LogP contribution in [-0.4, -0.2) is 48.5 Å². The van der Waals surface area contributed by atoms with Crippen molar-refractivity contribution in [1.82, 2.24) is 29.7 Å². The second-order valence-electron chi connectivity index (χ2n) is 5.25. The van der Waals surface area contributed by atoms with Crippen LogP contribution in [0.1, 0.15) is 5.76 Å². The monoisotopic (exact) mass is 363 g/mol. The van der Waals surface area contributed by atoms with Crippen molar-refractivity contribution < 1.29 is 14.1 Å². The van der Waals surface area contributed by atoms with Gasteiger partial charge < -0.3 is 19.1 Å². The molecule has 11 heteroatoms. The molecule has 0 aliphatic carbocycles. The lowest BCUT2D eigenvalue weighted by Crippen LogP contribution is -2.14. The summed E-state index contributed by atoms with van der Waals surface area (Å²) in [4.78, 5) is 12.0. The minimum atomic E-state index is -0.207. The maximum Gasteiger partial charge on any atom is 0.243 e. The number of anilines is 1. The topological polar surface area (TPSA) is 113 Å². The molecule has 0 spiro atoms. The molecule has 25 heavy (non-hydrogen) atoms. The van der Waals surface area contributed by atoms with Gasteiger partial charge in [0.15, 0.2) is 16.8 Å². The number of aryl methyl sites for hydroxylation is 2. The van der Waals surface area contributed by atoms with E-state index in [2.05, 4.69) is 25.8 Å². The molecule has 132 valence electrons. The first-order valence-electron chi connectivity index (χ1n) is 7.31. The highest BCUT2D eigenvalue weighted by atomic mass is 32.2. The number of nitrogens with zero attached hydrogens (tertiary/aromatic N) is 6. The van der Waals surface area contributed by atoms with Crippen LogP contribution in [0, 0.1) is 6.92 Å². The molecule has 0 bridgehead atoms. The van der Waals surface area contributed by atoms with Crippen molar-refractivity contribution >= 4 is 23.5 Å². The Hall–Kier alpha value is -2.82. The Morgan fingerprint density at radius 2 is 2.20 bits per heavy atom. The highest BCUT2D eigenvalue weighted by molar-refractivity contribution is 7.99. The van der Waals surface area contributed by atoms with E-state index in [1.54, 1.807) is 42.6 Å². The number of amides is 1. The Morgan fingerprint density at radius 3 is 2.88 bits per heavy atom. The highest BCUT2D eigenvalue weighted by Gasteiger charge is 2.19. The average Bonchev–Trinajstić information content (AvgIpc) is 3.24. The number of hydrogen-bond acceptors (Lipinski definition) is 8. The molecule has 0 radical (unpaired) electrons. The normalized spacial score (nSPS) is 10.9. The van der Waals surface area contributed by atoms with Gasteiger partial charge in [-0.1, -0.05) is 16.9 Å². The summed E-state index contributed by atoms with van der Waals surface area (Å²) < 4.78 is 13.6. The van der Waals surface area contributed by atoms with Crippen molar-refractivity contribution in [2.45, 2.75) is 12.1 Å². The van der Waals surface area contributed by atoms with Gasteiger partial charge in [-0.2, -0.15) is 0 Å². The van der Waals surface area contributed by atoms with E-state index in [4.69, 9.17) is 9.26 Å².